The predicted octanol–water partition coefficient (Wildman–Crippen LogP) is 2.45. The number of nitrogens with zero attached hydrogens (tertiary/aromatic N) is 1. The number of aliphatic carboxylic acids is 1. The number of halogens is 1. The van der Waals surface area contributed by atoms with Crippen LogP contribution in [0.25, 0.3) is 0 Å². The van der Waals surface area contributed by atoms with Crippen molar-refractivity contribution in [3.63, 3.8) is 0 Å². The van der Waals surface area contributed by atoms with Crippen LogP contribution in [0.15, 0.2) is 12.1 Å². The first-order chi connectivity index (χ1) is 9.82. The van der Waals surface area contributed by atoms with Crippen LogP contribution in [0.5, 0.6) is 11.5 Å². The van der Waals surface area contributed by atoms with Gasteiger partial charge in [0, 0.05) is 13.0 Å². The van der Waals surface area contributed by atoms with Gasteiger partial charge < -0.3 is 19.5 Å². The largest absolute Gasteiger partial charge is 0.479 e. The molecule has 1 aliphatic rings. The molecule has 1 heterocycles. The van der Waals surface area contributed by atoms with Crippen LogP contribution in [0.2, 0.25) is 5.02 Å². The summed E-state index contributed by atoms with van der Waals surface area (Å²) < 4.78 is 10.4. The first-order valence-corrected chi connectivity index (χ1v) is 6.81. The molecule has 0 saturated carbocycles. The lowest BCUT2D eigenvalue weighted by Crippen LogP contribution is -2.42. The molecule has 0 spiro atoms. The zero-order valence-electron chi connectivity index (χ0n) is 11.9. The Kier molecular flexibility index (Phi) is 4.27. The summed E-state index contributed by atoms with van der Waals surface area (Å²) in [6.45, 7) is 4.89. The van der Waals surface area contributed by atoms with Gasteiger partial charge in [-0.2, -0.15) is 0 Å². The smallest absolute Gasteiger partial charge is 0.331 e. The molecule has 21 heavy (non-hydrogen) atoms. The van der Waals surface area contributed by atoms with Crippen LogP contribution in [0.3, 0.4) is 0 Å². The fourth-order valence-corrected chi connectivity index (χ4v) is 2.68. The summed E-state index contributed by atoms with van der Waals surface area (Å²) in [6.07, 6.45) is 0. The third kappa shape index (κ3) is 2.90. The van der Waals surface area contributed by atoms with Crippen molar-refractivity contribution < 1.29 is 24.2 Å². The van der Waals surface area contributed by atoms with Gasteiger partial charge in [0.1, 0.15) is 0 Å². The summed E-state index contributed by atoms with van der Waals surface area (Å²) in [6, 6.07) is 1.64. The lowest BCUT2D eigenvalue weighted by Gasteiger charge is -2.32. The van der Waals surface area contributed by atoms with E-state index in [4.69, 9.17) is 21.1 Å². The van der Waals surface area contributed by atoms with E-state index in [2.05, 4.69) is 0 Å². The maximum absolute atomic E-state index is 11.8. The van der Waals surface area contributed by atoms with Gasteiger partial charge in [-0.3, -0.25) is 4.79 Å². The van der Waals surface area contributed by atoms with Gasteiger partial charge in [0.2, 0.25) is 12.7 Å². The summed E-state index contributed by atoms with van der Waals surface area (Å²) in [4.78, 5) is 24.7. The van der Waals surface area contributed by atoms with Crippen molar-refractivity contribution in [3.05, 3.63) is 22.7 Å². The summed E-state index contributed by atoms with van der Waals surface area (Å²) in [5, 5.41) is 9.79. The van der Waals surface area contributed by atoms with E-state index in [1.165, 1.54) is 17.9 Å². The summed E-state index contributed by atoms with van der Waals surface area (Å²) in [5.74, 6) is -0.681. The van der Waals surface area contributed by atoms with Crippen molar-refractivity contribution >= 4 is 23.5 Å². The monoisotopic (exact) mass is 313 g/mol. The van der Waals surface area contributed by atoms with E-state index in [1.54, 1.807) is 19.9 Å². The van der Waals surface area contributed by atoms with E-state index in [0.29, 0.717) is 17.1 Å². The molecule has 1 atom stereocenters. The number of rotatable bonds is 4. The maximum atomic E-state index is 11.8. The minimum absolute atomic E-state index is 0.0385. The third-order valence-corrected chi connectivity index (χ3v) is 3.48. The highest BCUT2D eigenvalue weighted by molar-refractivity contribution is 6.32. The quantitative estimate of drug-likeness (QED) is 0.924. The van der Waals surface area contributed by atoms with Crippen molar-refractivity contribution in [2.45, 2.75) is 32.9 Å². The summed E-state index contributed by atoms with van der Waals surface area (Å²) in [5.41, 5.74) is 0.376. The van der Waals surface area contributed by atoms with Crippen LogP contribution in [0.1, 0.15) is 32.4 Å². The fraction of sp³-hybridized carbons (Fsp3) is 0.429. The van der Waals surface area contributed by atoms with Crippen molar-refractivity contribution in [1.82, 2.24) is 4.90 Å². The van der Waals surface area contributed by atoms with Gasteiger partial charge in [-0.15, -0.1) is 0 Å². The zero-order valence-corrected chi connectivity index (χ0v) is 12.7. The van der Waals surface area contributed by atoms with E-state index >= 15 is 0 Å². The number of carbonyl (C=O) groups excluding carboxylic acids is 1. The Morgan fingerprint density at radius 2 is 2.00 bits per heavy atom. The molecule has 0 bridgehead atoms. The number of hydrogen-bond donors (Lipinski definition) is 1. The Balaban J connectivity index is 2.51. The molecule has 1 amide bonds. The van der Waals surface area contributed by atoms with E-state index in [1.807, 2.05) is 0 Å². The number of carboxylic acid groups (broad SMARTS) is 1. The molecule has 2 rings (SSSR count). The normalized spacial score (nSPS) is 14.1. The minimum Gasteiger partial charge on any atom is -0.479 e. The molecule has 0 aromatic heterocycles. The summed E-state index contributed by atoms with van der Waals surface area (Å²) >= 11 is 6.09. The van der Waals surface area contributed by atoms with Crippen molar-refractivity contribution in [3.8, 4) is 11.5 Å². The Bertz CT molecular complexity index is 587. The van der Waals surface area contributed by atoms with Crippen LogP contribution < -0.4 is 9.47 Å². The van der Waals surface area contributed by atoms with E-state index in [0.717, 1.165) is 0 Å². The number of ether oxygens (including phenoxy) is 2. The number of fused-ring (bicyclic) bond motifs is 1. The minimum atomic E-state index is -1.13. The average Bonchev–Trinajstić information content (AvgIpc) is 2.82. The Labute approximate surface area is 127 Å². The number of carbonyl (C=O) groups is 2. The highest BCUT2D eigenvalue weighted by Gasteiger charge is 2.33. The molecular weight excluding hydrogens is 298 g/mol. The van der Waals surface area contributed by atoms with Crippen LogP contribution in [0.4, 0.5) is 0 Å². The van der Waals surface area contributed by atoms with Crippen LogP contribution in [-0.4, -0.2) is 34.7 Å². The number of benzene rings is 1. The second kappa shape index (κ2) is 5.81. The molecule has 0 aliphatic carbocycles. The van der Waals surface area contributed by atoms with Crippen LogP contribution in [0, 0.1) is 0 Å². The Morgan fingerprint density at radius 1 is 1.33 bits per heavy atom. The molecule has 1 N–H and O–H groups in total. The first kappa shape index (κ1) is 15.4. The van der Waals surface area contributed by atoms with E-state index in [9.17, 15) is 14.7 Å². The van der Waals surface area contributed by atoms with Gasteiger partial charge >= 0.3 is 5.97 Å². The molecule has 0 radical (unpaired) electrons. The van der Waals surface area contributed by atoms with E-state index < -0.39 is 12.0 Å². The highest BCUT2D eigenvalue weighted by atomic mass is 35.5. The van der Waals surface area contributed by atoms with Crippen molar-refractivity contribution in [1.29, 1.82) is 0 Å². The lowest BCUT2D eigenvalue weighted by atomic mass is 10.0. The van der Waals surface area contributed by atoms with Gasteiger partial charge in [-0.05, 0) is 31.5 Å². The average molecular weight is 314 g/mol. The number of carboxylic acids is 1. The molecule has 7 heteroatoms. The SMILES string of the molecule is CC(=O)N(C(C)C)C(C(=O)O)c1cc(Cl)c2c(c1)OCO2. The lowest BCUT2D eigenvalue weighted by molar-refractivity contribution is -0.151. The molecule has 114 valence electrons. The molecule has 1 aromatic rings. The van der Waals surface area contributed by atoms with Crippen molar-refractivity contribution in [2.24, 2.45) is 0 Å². The highest BCUT2D eigenvalue weighted by Crippen LogP contribution is 2.42. The van der Waals surface area contributed by atoms with Gasteiger partial charge in [-0.25, -0.2) is 4.79 Å². The second-order valence-electron chi connectivity index (χ2n) is 5.00. The molecule has 1 aliphatic heterocycles. The van der Waals surface area contributed by atoms with Gasteiger partial charge in [0.05, 0.1) is 5.02 Å². The number of hydrogen-bond acceptors (Lipinski definition) is 4. The third-order valence-electron chi connectivity index (χ3n) is 3.20. The Morgan fingerprint density at radius 3 is 2.52 bits per heavy atom. The molecule has 0 fully saturated rings. The maximum Gasteiger partial charge on any atom is 0.331 e. The van der Waals surface area contributed by atoms with Crippen molar-refractivity contribution in [2.75, 3.05) is 6.79 Å². The van der Waals surface area contributed by atoms with Gasteiger partial charge in [0.15, 0.2) is 17.5 Å². The fourth-order valence-electron chi connectivity index (χ4n) is 2.41. The first-order valence-electron chi connectivity index (χ1n) is 6.43. The topological polar surface area (TPSA) is 76.1 Å². The van der Waals surface area contributed by atoms with E-state index in [-0.39, 0.29) is 23.8 Å². The zero-order chi connectivity index (χ0) is 15.7. The van der Waals surface area contributed by atoms with Crippen LogP contribution >= 0.6 is 11.6 Å². The van der Waals surface area contributed by atoms with Crippen LogP contribution in [-0.2, 0) is 9.59 Å². The molecule has 6 nitrogen and oxygen atoms in total. The molecule has 1 aromatic carbocycles. The predicted molar refractivity (Wildman–Crippen MR) is 75.6 cm³/mol. The standard InChI is InChI=1S/C14H16ClNO5/c1-7(2)16(8(3)17)12(14(18)19)9-4-10(15)13-11(5-9)20-6-21-13/h4-5,7,12H,6H2,1-3H3,(H,18,19). The number of amides is 1. The Hall–Kier alpha value is -1.95. The van der Waals surface area contributed by atoms with Gasteiger partial charge in [-0.1, -0.05) is 11.6 Å². The molecular formula is C14H16ClNO5. The molecule has 0 saturated heterocycles. The van der Waals surface area contributed by atoms with Gasteiger partial charge in [0.25, 0.3) is 0 Å². The summed E-state index contributed by atoms with van der Waals surface area (Å²) in [7, 11) is 0. The second-order valence-corrected chi connectivity index (χ2v) is 5.40. The molecule has 1 unspecified atom stereocenters.